The summed E-state index contributed by atoms with van der Waals surface area (Å²) in [5.74, 6) is -0.0928. The van der Waals surface area contributed by atoms with Gasteiger partial charge in [-0.3, -0.25) is 0 Å². The summed E-state index contributed by atoms with van der Waals surface area (Å²) in [6, 6.07) is 13.0. The van der Waals surface area contributed by atoms with E-state index in [9.17, 15) is 4.39 Å². The standard InChI is InChI=1S/C17H20FNO2/c1-12(14-7-8-16(18)17(10-14)21-3)19-15-6-4-5-13(9-15)11-20-2/h4-10,12,19H,11H2,1-3H3. The molecule has 1 unspecified atom stereocenters. The maximum Gasteiger partial charge on any atom is 0.165 e. The lowest BCUT2D eigenvalue weighted by Crippen LogP contribution is -2.07. The van der Waals surface area contributed by atoms with Crippen LogP contribution in [0.3, 0.4) is 0 Å². The van der Waals surface area contributed by atoms with Crippen molar-refractivity contribution in [2.45, 2.75) is 19.6 Å². The van der Waals surface area contributed by atoms with Crippen LogP contribution >= 0.6 is 0 Å². The lowest BCUT2D eigenvalue weighted by Gasteiger charge is -2.17. The quantitative estimate of drug-likeness (QED) is 0.866. The number of methoxy groups -OCH3 is 2. The highest BCUT2D eigenvalue weighted by molar-refractivity contribution is 5.48. The van der Waals surface area contributed by atoms with Gasteiger partial charge in [0.1, 0.15) is 0 Å². The molecule has 3 nitrogen and oxygen atoms in total. The molecule has 0 fully saturated rings. The number of halogens is 1. The van der Waals surface area contributed by atoms with Gasteiger partial charge in [-0.2, -0.15) is 0 Å². The Hall–Kier alpha value is -2.07. The van der Waals surface area contributed by atoms with Crippen LogP contribution in [0, 0.1) is 5.82 Å². The molecule has 2 aromatic rings. The van der Waals surface area contributed by atoms with Gasteiger partial charge in [-0.15, -0.1) is 0 Å². The van der Waals surface area contributed by atoms with Gasteiger partial charge < -0.3 is 14.8 Å². The Bertz CT molecular complexity index is 601. The highest BCUT2D eigenvalue weighted by Crippen LogP contribution is 2.25. The fourth-order valence-corrected chi connectivity index (χ4v) is 2.20. The molecule has 2 aromatic carbocycles. The molecule has 0 bridgehead atoms. The van der Waals surface area contributed by atoms with Crippen molar-refractivity contribution in [1.29, 1.82) is 0 Å². The third-order valence-corrected chi connectivity index (χ3v) is 3.30. The summed E-state index contributed by atoms with van der Waals surface area (Å²) in [5, 5.41) is 3.39. The van der Waals surface area contributed by atoms with Gasteiger partial charge in [0, 0.05) is 18.8 Å². The summed E-state index contributed by atoms with van der Waals surface area (Å²) in [7, 11) is 3.14. The van der Waals surface area contributed by atoms with Crippen LogP contribution < -0.4 is 10.1 Å². The van der Waals surface area contributed by atoms with E-state index in [2.05, 4.69) is 5.32 Å². The largest absolute Gasteiger partial charge is 0.494 e. The average Bonchev–Trinajstić information content (AvgIpc) is 2.48. The molecule has 2 rings (SSSR count). The molecule has 0 radical (unpaired) electrons. The highest BCUT2D eigenvalue weighted by atomic mass is 19.1. The summed E-state index contributed by atoms with van der Waals surface area (Å²) in [4.78, 5) is 0. The maximum absolute atomic E-state index is 13.4. The third kappa shape index (κ3) is 3.95. The summed E-state index contributed by atoms with van der Waals surface area (Å²) < 4.78 is 23.6. The molecule has 0 aromatic heterocycles. The number of rotatable bonds is 6. The SMILES string of the molecule is COCc1cccc(NC(C)c2ccc(F)c(OC)c2)c1. The van der Waals surface area contributed by atoms with E-state index >= 15 is 0 Å². The zero-order valence-corrected chi connectivity index (χ0v) is 12.5. The van der Waals surface area contributed by atoms with Gasteiger partial charge in [0.2, 0.25) is 0 Å². The van der Waals surface area contributed by atoms with Gasteiger partial charge in [-0.1, -0.05) is 18.2 Å². The number of benzene rings is 2. The first-order valence-electron chi connectivity index (χ1n) is 6.82. The second kappa shape index (κ2) is 7.09. The van der Waals surface area contributed by atoms with E-state index in [4.69, 9.17) is 9.47 Å². The second-order valence-electron chi connectivity index (χ2n) is 4.89. The molecule has 0 aliphatic rings. The Kier molecular flexibility index (Phi) is 5.17. The van der Waals surface area contributed by atoms with E-state index in [0.29, 0.717) is 6.61 Å². The van der Waals surface area contributed by atoms with Gasteiger partial charge in [0.15, 0.2) is 11.6 Å². The molecule has 0 amide bonds. The van der Waals surface area contributed by atoms with E-state index in [0.717, 1.165) is 16.8 Å². The minimum atomic E-state index is -0.351. The van der Waals surface area contributed by atoms with E-state index < -0.39 is 0 Å². The van der Waals surface area contributed by atoms with Gasteiger partial charge in [0.25, 0.3) is 0 Å². The smallest absolute Gasteiger partial charge is 0.165 e. The predicted octanol–water partition coefficient (Wildman–Crippen LogP) is 4.15. The first-order chi connectivity index (χ1) is 10.1. The first-order valence-corrected chi connectivity index (χ1v) is 6.82. The fourth-order valence-electron chi connectivity index (χ4n) is 2.20. The molecule has 112 valence electrons. The van der Waals surface area contributed by atoms with Crippen molar-refractivity contribution >= 4 is 5.69 Å². The van der Waals surface area contributed by atoms with Crippen molar-refractivity contribution in [3.05, 3.63) is 59.4 Å². The number of hydrogen-bond donors (Lipinski definition) is 1. The van der Waals surface area contributed by atoms with Crippen LogP contribution in [0.1, 0.15) is 24.1 Å². The van der Waals surface area contributed by atoms with E-state index in [1.165, 1.54) is 13.2 Å². The van der Waals surface area contributed by atoms with Gasteiger partial charge in [0.05, 0.1) is 13.7 Å². The van der Waals surface area contributed by atoms with Gasteiger partial charge in [-0.05, 0) is 42.3 Å². The van der Waals surface area contributed by atoms with Crippen LogP contribution in [0.15, 0.2) is 42.5 Å². The monoisotopic (exact) mass is 289 g/mol. The lowest BCUT2D eigenvalue weighted by atomic mass is 10.1. The fraction of sp³-hybridized carbons (Fsp3) is 0.294. The normalized spacial score (nSPS) is 12.0. The van der Waals surface area contributed by atoms with Crippen molar-refractivity contribution in [3.63, 3.8) is 0 Å². The van der Waals surface area contributed by atoms with Crippen molar-refractivity contribution in [2.24, 2.45) is 0 Å². The Morgan fingerprint density at radius 3 is 2.67 bits per heavy atom. The van der Waals surface area contributed by atoms with Crippen molar-refractivity contribution in [2.75, 3.05) is 19.5 Å². The molecule has 0 saturated heterocycles. The summed E-state index contributed by atoms with van der Waals surface area (Å²) in [6.45, 7) is 2.60. The van der Waals surface area contributed by atoms with Crippen LogP contribution in [-0.2, 0) is 11.3 Å². The minimum absolute atomic E-state index is 0.0392. The van der Waals surface area contributed by atoms with Crippen LogP contribution in [-0.4, -0.2) is 14.2 Å². The average molecular weight is 289 g/mol. The van der Waals surface area contributed by atoms with Crippen LogP contribution in [0.25, 0.3) is 0 Å². The number of anilines is 1. The second-order valence-corrected chi connectivity index (χ2v) is 4.89. The Morgan fingerprint density at radius 1 is 1.14 bits per heavy atom. The van der Waals surface area contributed by atoms with Crippen LogP contribution in [0.5, 0.6) is 5.75 Å². The number of ether oxygens (including phenoxy) is 2. The molecular weight excluding hydrogens is 269 g/mol. The molecule has 0 aliphatic carbocycles. The Morgan fingerprint density at radius 2 is 1.95 bits per heavy atom. The Balaban J connectivity index is 2.13. The first kappa shape index (κ1) is 15.3. The van der Waals surface area contributed by atoms with E-state index in [-0.39, 0.29) is 17.6 Å². The number of hydrogen-bond acceptors (Lipinski definition) is 3. The third-order valence-electron chi connectivity index (χ3n) is 3.30. The highest BCUT2D eigenvalue weighted by Gasteiger charge is 2.10. The molecule has 0 heterocycles. The molecule has 0 spiro atoms. The van der Waals surface area contributed by atoms with Gasteiger partial charge >= 0.3 is 0 Å². The summed E-state index contributed by atoms with van der Waals surface area (Å²) in [6.07, 6.45) is 0. The molecule has 4 heteroatoms. The zero-order valence-electron chi connectivity index (χ0n) is 12.5. The molecule has 0 aliphatic heterocycles. The van der Waals surface area contributed by atoms with E-state index in [1.54, 1.807) is 19.2 Å². The minimum Gasteiger partial charge on any atom is -0.494 e. The summed E-state index contributed by atoms with van der Waals surface area (Å²) in [5.41, 5.74) is 3.07. The molecule has 1 atom stereocenters. The number of nitrogens with one attached hydrogen (secondary N) is 1. The van der Waals surface area contributed by atoms with Crippen LogP contribution in [0.4, 0.5) is 10.1 Å². The van der Waals surface area contributed by atoms with E-state index in [1.807, 2.05) is 31.2 Å². The molecule has 21 heavy (non-hydrogen) atoms. The topological polar surface area (TPSA) is 30.5 Å². The maximum atomic E-state index is 13.4. The van der Waals surface area contributed by atoms with Crippen LogP contribution in [0.2, 0.25) is 0 Å². The summed E-state index contributed by atoms with van der Waals surface area (Å²) >= 11 is 0. The van der Waals surface area contributed by atoms with Gasteiger partial charge in [-0.25, -0.2) is 4.39 Å². The molecule has 0 saturated carbocycles. The molecular formula is C17H20FNO2. The lowest BCUT2D eigenvalue weighted by molar-refractivity contribution is 0.185. The van der Waals surface area contributed by atoms with Crippen molar-refractivity contribution in [3.8, 4) is 5.75 Å². The Labute approximate surface area is 124 Å². The zero-order chi connectivity index (χ0) is 15.2. The molecule has 1 N–H and O–H groups in total. The van der Waals surface area contributed by atoms with Crippen molar-refractivity contribution < 1.29 is 13.9 Å². The predicted molar refractivity (Wildman–Crippen MR) is 82.1 cm³/mol. The van der Waals surface area contributed by atoms with Crippen molar-refractivity contribution in [1.82, 2.24) is 0 Å².